The number of allylic oxidation sites excluding steroid dienone is 5. The van der Waals surface area contributed by atoms with Gasteiger partial charge in [-0.1, -0.05) is 24.3 Å². The third-order valence-corrected chi connectivity index (χ3v) is 6.61. The summed E-state index contributed by atoms with van der Waals surface area (Å²) in [5, 5.41) is 23.7. The molecule has 2 N–H and O–H groups in total. The first-order valence-corrected chi connectivity index (χ1v) is 12.9. The van der Waals surface area contributed by atoms with Gasteiger partial charge in [-0.3, -0.25) is 4.90 Å². The first-order valence-electron chi connectivity index (χ1n) is 12.9. The van der Waals surface area contributed by atoms with E-state index in [1.54, 1.807) is 36.3 Å². The molecule has 1 atom stereocenters. The average molecular weight is 527 g/mol. The number of ether oxygens (including phenoxy) is 1. The quantitative estimate of drug-likeness (QED) is 0.231. The van der Waals surface area contributed by atoms with Crippen molar-refractivity contribution in [3.8, 4) is 5.88 Å². The highest BCUT2D eigenvalue weighted by atomic mass is 16.5. The minimum Gasteiger partial charge on any atom is -0.481 e. The normalized spacial score (nSPS) is 15.2. The molecule has 1 fully saturated rings. The molecular weight excluding hydrogens is 492 g/mol. The van der Waals surface area contributed by atoms with E-state index < -0.39 is 6.23 Å². The van der Waals surface area contributed by atoms with Crippen LogP contribution in [-0.4, -0.2) is 59.6 Å². The van der Waals surface area contributed by atoms with Crippen molar-refractivity contribution in [2.24, 2.45) is 0 Å². The van der Waals surface area contributed by atoms with Crippen molar-refractivity contribution in [3.63, 3.8) is 0 Å². The van der Waals surface area contributed by atoms with E-state index in [0.29, 0.717) is 22.9 Å². The number of rotatable bonds is 10. The fourth-order valence-electron chi connectivity index (χ4n) is 4.56. The van der Waals surface area contributed by atoms with E-state index in [-0.39, 0.29) is 5.92 Å². The molecule has 39 heavy (non-hydrogen) atoms. The summed E-state index contributed by atoms with van der Waals surface area (Å²) >= 11 is 0. The summed E-state index contributed by atoms with van der Waals surface area (Å²) < 4.78 is 8.72. The maximum Gasteiger partial charge on any atom is 0.213 e. The van der Waals surface area contributed by atoms with Crippen LogP contribution in [0.2, 0.25) is 0 Å². The van der Waals surface area contributed by atoms with Crippen molar-refractivity contribution in [1.82, 2.24) is 34.3 Å². The van der Waals surface area contributed by atoms with E-state index in [0.717, 1.165) is 47.9 Å². The van der Waals surface area contributed by atoms with Crippen molar-refractivity contribution in [1.29, 1.82) is 0 Å². The molecule has 0 radical (unpaired) electrons. The zero-order chi connectivity index (χ0) is 27.5. The van der Waals surface area contributed by atoms with Crippen LogP contribution in [0.5, 0.6) is 5.88 Å². The Labute approximate surface area is 228 Å². The summed E-state index contributed by atoms with van der Waals surface area (Å²) in [7, 11) is 1.63. The molecule has 1 aliphatic heterocycles. The molecule has 0 spiro atoms. The number of nitrogens with one attached hydrogen (secondary N) is 1. The molecule has 1 aliphatic rings. The van der Waals surface area contributed by atoms with Gasteiger partial charge in [-0.25, -0.2) is 19.2 Å². The van der Waals surface area contributed by atoms with Gasteiger partial charge in [0.15, 0.2) is 11.9 Å². The monoisotopic (exact) mass is 526 g/mol. The second kappa shape index (κ2) is 11.2. The lowest BCUT2D eigenvalue weighted by Crippen LogP contribution is -2.44. The third-order valence-electron chi connectivity index (χ3n) is 6.61. The largest absolute Gasteiger partial charge is 0.481 e. The van der Waals surface area contributed by atoms with Crippen molar-refractivity contribution in [2.45, 2.75) is 39.5 Å². The Morgan fingerprint density at radius 2 is 2.05 bits per heavy atom. The van der Waals surface area contributed by atoms with Gasteiger partial charge in [-0.15, -0.1) is 0 Å². The van der Waals surface area contributed by atoms with Crippen LogP contribution in [0.4, 0.5) is 5.82 Å². The van der Waals surface area contributed by atoms with Crippen LogP contribution < -0.4 is 10.1 Å². The maximum absolute atomic E-state index is 11.2. The number of likely N-dealkylation sites (tertiary alicyclic amines) is 1. The van der Waals surface area contributed by atoms with Gasteiger partial charge in [0.05, 0.1) is 36.0 Å². The number of hydrogen-bond donors (Lipinski definition) is 2. The molecule has 10 nitrogen and oxygen atoms in total. The van der Waals surface area contributed by atoms with Crippen molar-refractivity contribution in [2.75, 3.05) is 25.5 Å². The van der Waals surface area contributed by atoms with Crippen LogP contribution in [0, 0.1) is 0 Å². The van der Waals surface area contributed by atoms with E-state index in [9.17, 15) is 5.11 Å². The molecule has 0 saturated carbocycles. The number of pyridine rings is 1. The highest BCUT2D eigenvalue weighted by Gasteiger charge is 2.32. The molecule has 10 heteroatoms. The average Bonchev–Trinajstić information content (AvgIpc) is 3.50. The zero-order valence-electron chi connectivity index (χ0n) is 22.7. The summed E-state index contributed by atoms with van der Waals surface area (Å²) in [5.41, 5.74) is 5.94. The highest BCUT2D eigenvalue weighted by molar-refractivity contribution is 5.68. The second-order valence-electron chi connectivity index (χ2n) is 10.0. The van der Waals surface area contributed by atoms with Crippen LogP contribution in [0.15, 0.2) is 78.8 Å². The van der Waals surface area contributed by atoms with Crippen molar-refractivity contribution >= 4 is 17.2 Å². The molecule has 5 rings (SSSR count). The molecule has 1 unspecified atom stereocenters. The van der Waals surface area contributed by atoms with Gasteiger partial charge in [-0.05, 0) is 44.6 Å². The van der Waals surface area contributed by atoms with E-state index in [4.69, 9.17) is 9.84 Å². The summed E-state index contributed by atoms with van der Waals surface area (Å²) in [6.45, 7) is 12.7. The van der Waals surface area contributed by atoms with Crippen LogP contribution >= 0.6 is 0 Å². The van der Waals surface area contributed by atoms with Crippen LogP contribution in [0.25, 0.3) is 11.3 Å². The zero-order valence-corrected chi connectivity index (χ0v) is 22.7. The van der Waals surface area contributed by atoms with Gasteiger partial charge < -0.3 is 15.2 Å². The summed E-state index contributed by atoms with van der Waals surface area (Å²) in [5.74, 6) is 1.54. The number of aliphatic hydroxyl groups excluding tert-OH is 1. The predicted octanol–water partition coefficient (Wildman–Crippen LogP) is 4.42. The number of aliphatic hydroxyl groups is 1. The number of anilines is 1. The Hall–Kier alpha value is -4.28. The highest BCUT2D eigenvalue weighted by Crippen LogP contribution is 2.32. The Morgan fingerprint density at radius 3 is 2.79 bits per heavy atom. The van der Waals surface area contributed by atoms with Crippen molar-refractivity contribution < 1.29 is 9.84 Å². The Balaban J connectivity index is 1.40. The number of aromatic nitrogens is 6. The Morgan fingerprint density at radius 1 is 1.23 bits per heavy atom. The molecule has 0 amide bonds. The van der Waals surface area contributed by atoms with Crippen LogP contribution in [0.1, 0.15) is 49.9 Å². The first-order chi connectivity index (χ1) is 18.8. The molecule has 0 bridgehead atoms. The van der Waals surface area contributed by atoms with E-state index in [2.05, 4.69) is 31.9 Å². The molecule has 0 aromatic carbocycles. The summed E-state index contributed by atoms with van der Waals surface area (Å²) in [6.07, 6.45) is 8.10. The molecule has 4 aromatic rings. The predicted molar refractivity (Wildman–Crippen MR) is 151 cm³/mol. The third kappa shape index (κ3) is 5.76. The fraction of sp³-hybridized carbons (Fsp3) is 0.310. The van der Waals surface area contributed by atoms with Gasteiger partial charge in [0.25, 0.3) is 0 Å². The molecule has 4 aromatic heterocycles. The van der Waals surface area contributed by atoms with Gasteiger partial charge in [0.1, 0.15) is 5.82 Å². The lowest BCUT2D eigenvalue weighted by Gasteiger charge is -2.38. The Kier molecular flexibility index (Phi) is 7.58. The van der Waals surface area contributed by atoms with Crippen molar-refractivity contribution in [3.05, 3.63) is 95.8 Å². The van der Waals surface area contributed by atoms with Gasteiger partial charge in [0.2, 0.25) is 5.88 Å². The minimum absolute atomic E-state index is 0.253. The van der Waals surface area contributed by atoms with E-state index >= 15 is 0 Å². The number of hydrogen-bond acceptors (Lipinski definition) is 8. The topological polar surface area (TPSA) is 106 Å². The second-order valence-corrected chi connectivity index (χ2v) is 10.0. The maximum atomic E-state index is 11.2. The van der Waals surface area contributed by atoms with Gasteiger partial charge >= 0.3 is 0 Å². The standard InChI is InChI=1S/C29H34N8O2/c1-19(2)10-11-25(20(3)4)37-26(33-29(38)23-15-31-36-13-7-12-30-28(23)36)14-24(34-37)21-16-35(17-21)18-22-8-6-9-27(32-22)39-5/h6-15,21,29,33,38H,3,16-18H2,1-2,4-5H3. The Bertz CT molecular complexity index is 1540. The lowest BCUT2D eigenvalue weighted by atomic mass is 9.96. The molecule has 0 aliphatic carbocycles. The number of nitrogens with zero attached hydrogens (tertiary/aromatic N) is 7. The van der Waals surface area contributed by atoms with Gasteiger partial charge in [0, 0.05) is 50.1 Å². The SMILES string of the molecule is C=C(C)C(=CC=C(C)C)n1nc(C2CN(Cc3cccc(OC)n3)C2)cc1NC(O)c1cnn2cccnc12. The lowest BCUT2D eigenvalue weighted by molar-refractivity contribution is 0.135. The smallest absolute Gasteiger partial charge is 0.213 e. The van der Waals surface area contributed by atoms with E-state index in [1.165, 1.54) is 0 Å². The molecular formula is C29H34N8O2. The number of methoxy groups -OCH3 is 1. The van der Waals surface area contributed by atoms with Gasteiger partial charge in [-0.2, -0.15) is 10.2 Å². The summed E-state index contributed by atoms with van der Waals surface area (Å²) in [6, 6.07) is 9.62. The van der Waals surface area contributed by atoms with Crippen LogP contribution in [-0.2, 0) is 6.54 Å². The minimum atomic E-state index is -1.03. The number of fused-ring (bicyclic) bond motifs is 1. The van der Waals surface area contributed by atoms with Crippen LogP contribution in [0.3, 0.4) is 0 Å². The molecule has 202 valence electrons. The first kappa shape index (κ1) is 26.3. The molecule has 1 saturated heterocycles. The molecule has 5 heterocycles. The fourth-order valence-corrected chi connectivity index (χ4v) is 4.56. The summed E-state index contributed by atoms with van der Waals surface area (Å²) in [4.78, 5) is 11.2. The van der Waals surface area contributed by atoms with E-state index in [1.807, 2.05) is 61.9 Å².